The van der Waals surface area contributed by atoms with E-state index in [9.17, 15) is 9.59 Å². The molecule has 3 aromatic heterocycles. The second-order valence-corrected chi connectivity index (χ2v) is 5.74. The minimum absolute atomic E-state index is 0.0589. The Morgan fingerprint density at radius 3 is 2.88 bits per heavy atom. The molecule has 24 heavy (non-hydrogen) atoms. The predicted octanol–water partition coefficient (Wildman–Crippen LogP) is 2.24. The Morgan fingerprint density at radius 1 is 1.38 bits per heavy atom. The number of aryl methyl sites for hydroxylation is 2. The smallest absolute Gasteiger partial charge is 0.310 e. The van der Waals surface area contributed by atoms with Gasteiger partial charge in [0.1, 0.15) is 18.0 Å². The van der Waals surface area contributed by atoms with Crippen molar-refractivity contribution in [3.05, 3.63) is 62.5 Å². The zero-order chi connectivity index (χ0) is 17.3. The highest BCUT2D eigenvalue weighted by Crippen LogP contribution is 2.14. The van der Waals surface area contributed by atoms with Crippen LogP contribution in [0.15, 0.2) is 33.7 Å². The molecule has 124 valence electrons. The van der Waals surface area contributed by atoms with E-state index in [1.165, 1.54) is 16.7 Å². The molecule has 0 N–H and O–H groups in total. The van der Waals surface area contributed by atoms with Gasteiger partial charge in [-0.05, 0) is 26.0 Å². The van der Waals surface area contributed by atoms with E-state index < -0.39 is 5.97 Å². The molecule has 0 amide bonds. The zero-order valence-corrected chi connectivity index (χ0v) is 13.8. The molecule has 0 aliphatic carbocycles. The van der Waals surface area contributed by atoms with Crippen molar-refractivity contribution >= 4 is 23.2 Å². The van der Waals surface area contributed by atoms with Crippen LogP contribution in [0.4, 0.5) is 0 Å². The number of aromatic nitrogens is 3. The Morgan fingerprint density at radius 2 is 2.17 bits per heavy atom. The summed E-state index contributed by atoms with van der Waals surface area (Å²) in [6.07, 6.45) is 1.54. The Bertz CT molecular complexity index is 958. The Kier molecular flexibility index (Phi) is 4.35. The summed E-state index contributed by atoms with van der Waals surface area (Å²) in [6.45, 7) is 3.41. The lowest BCUT2D eigenvalue weighted by Crippen LogP contribution is -2.17. The number of carbonyl (C=O) groups is 1. The average molecular weight is 348 g/mol. The van der Waals surface area contributed by atoms with Crippen LogP contribution < -0.4 is 5.56 Å². The molecule has 0 unspecified atom stereocenters. The highest BCUT2D eigenvalue weighted by Gasteiger charge is 2.15. The number of rotatable bonds is 4. The van der Waals surface area contributed by atoms with E-state index >= 15 is 0 Å². The lowest BCUT2D eigenvalue weighted by Gasteiger charge is -2.06. The van der Waals surface area contributed by atoms with Crippen LogP contribution >= 0.6 is 11.6 Å². The van der Waals surface area contributed by atoms with Gasteiger partial charge in [0, 0.05) is 17.8 Å². The number of carbonyl (C=O) groups excluding carboxylic acids is 1. The lowest BCUT2D eigenvalue weighted by molar-refractivity contribution is -0.144. The molecule has 0 atom stereocenters. The van der Waals surface area contributed by atoms with E-state index in [0.717, 1.165) is 0 Å². The fourth-order valence-electron chi connectivity index (χ4n) is 2.30. The second-order valence-electron chi connectivity index (χ2n) is 5.30. The van der Waals surface area contributed by atoms with E-state index in [1.807, 2.05) is 0 Å². The molecule has 7 nitrogen and oxygen atoms in total. The molecule has 0 aliphatic heterocycles. The van der Waals surface area contributed by atoms with Gasteiger partial charge in [-0.2, -0.15) is 0 Å². The van der Waals surface area contributed by atoms with Crippen LogP contribution in [0.25, 0.3) is 5.65 Å². The minimum atomic E-state index is -0.442. The summed E-state index contributed by atoms with van der Waals surface area (Å²) in [6, 6.07) is 4.57. The third-order valence-corrected chi connectivity index (χ3v) is 3.78. The van der Waals surface area contributed by atoms with E-state index in [1.54, 1.807) is 26.0 Å². The molecular formula is C16H14ClN3O4. The standard InChI is InChI=1S/C16H14ClN3O4/c1-9-13(10(2)24-19-9)6-16(22)23-8-12-5-15(21)20-7-11(17)3-4-14(20)18-12/h3-5,7H,6,8H2,1-2H3. The first-order valence-corrected chi connectivity index (χ1v) is 7.57. The van der Waals surface area contributed by atoms with Crippen LogP contribution in [0.2, 0.25) is 5.02 Å². The van der Waals surface area contributed by atoms with Gasteiger partial charge >= 0.3 is 5.97 Å². The monoisotopic (exact) mass is 347 g/mol. The van der Waals surface area contributed by atoms with Crippen molar-refractivity contribution < 1.29 is 14.1 Å². The first-order valence-electron chi connectivity index (χ1n) is 7.19. The summed E-state index contributed by atoms with van der Waals surface area (Å²) in [5.41, 5.74) is 1.88. The summed E-state index contributed by atoms with van der Waals surface area (Å²) in [7, 11) is 0. The van der Waals surface area contributed by atoms with E-state index in [4.69, 9.17) is 20.9 Å². The fourth-order valence-corrected chi connectivity index (χ4v) is 2.46. The molecule has 3 rings (SSSR count). The highest BCUT2D eigenvalue weighted by atomic mass is 35.5. The zero-order valence-electron chi connectivity index (χ0n) is 13.1. The maximum atomic E-state index is 12.0. The van der Waals surface area contributed by atoms with E-state index in [-0.39, 0.29) is 18.6 Å². The van der Waals surface area contributed by atoms with Crippen molar-refractivity contribution in [3.63, 3.8) is 0 Å². The number of hydrogen-bond acceptors (Lipinski definition) is 6. The molecule has 0 bridgehead atoms. The number of pyridine rings is 1. The van der Waals surface area contributed by atoms with Crippen molar-refractivity contribution in [1.82, 2.24) is 14.5 Å². The van der Waals surface area contributed by atoms with Crippen molar-refractivity contribution in [2.75, 3.05) is 0 Å². The number of hydrogen-bond donors (Lipinski definition) is 0. The van der Waals surface area contributed by atoms with Crippen LogP contribution in [-0.2, 0) is 22.6 Å². The van der Waals surface area contributed by atoms with Gasteiger partial charge in [-0.15, -0.1) is 0 Å². The molecule has 0 saturated heterocycles. The number of ether oxygens (including phenoxy) is 1. The molecule has 0 radical (unpaired) electrons. The van der Waals surface area contributed by atoms with Gasteiger partial charge in [-0.25, -0.2) is 4.98 Å². The normalized spacial score (nSPS) is 11.0. The third kappa shape index (κ3) is 3.30. The minimum Gasteiger partial charge on any atom is -0.459 e. The van der Waals surface area contributed by atoms with Crippen LogP contribution in [0.5, 0.6) is 0 Å². The highest BCUT2D eigenvalue weighted by molar-refractivity contribution is 6.30. The van der Waals surface area contributed by atoms with E-state index in [0.29, 0.717) is 33.4 Å². The van der Waals surface area contributed by atoms with Gasteiger partial charge in [0.2, 0.25) is 0 Å². The molecule has 0 spiro atoms. The second kappa shape index (κ2) is 6.45. The number of halogens is 1. The van der Waals surface area contributed by atoms with Crippen LogP contribution in [0, 0.1) is 13.8 Å². The Labute approximate surface area is 141 Å². The summed E-state index contributed by atoms with van der Waals surface area (Å²) in [4.78, 5) is 28.3. The number of esters is 1. The maximum absolute atomic E-state index is 12.0. The van der Waals surface area contributed by atoms with Gasteiger partial charge in [0.25, 0.3) is 5.56 Å². The Balaban J connectivity index is 1.72. The van der Waals surface area contributed by atoms with Crippen molar-refractivity contribution in [2.45, 2.75) is 26.9 Å². The third-order valence-electron chi connectivity index (χ3n) is 3.56. The summed E-state index contributed by atoms with van der Waals surface area (Å²) < 4.78 is 11.5. The molecule has 3 heterocycles. The van der Waals surface area contributed by atoms with Gasteiger partial charge < -0.3 is 9.26 Å². The van der Waals surface area contributed by atoms with Crippen LogP contribution in [0.1, 0.15) is 22.7 Å². The van der Waals surface area contributed by atoms with Crippen LogP contribution in [-0.4, -0.2) is 20.5 Å². The fraction of sp³-hybridized carbons (Fsp3) is 0.250. The first-order chi connectivity index (χ1) is 11.4. The van der Waals surface area contributed by atoms with Crippen molar-refractivity contribution in [3.8, 4) is 0 Å². The van der Waals surface area contributed by atoms with Crippen molar-refractivity contribution in [2.24, 2.45) is 0 Å². The summed E-state index contributed by atoms with van der Waals surface area (Å²) in [5, 5.41) is 4.23. The van der Waals surface area contributed by atoms with Gasteiger partial charge in [-0.1, -0.05) is 16.8 Å². The number of fused-ring (bicyclic) bond motifs is 1. The maximum Gasteiger partial charge on any atom is 0.310 e. The Hall–Kier alpha value is -2.67. The summed E-state index contributed by atoms with van der Waals surface area (Å²) >= 11 is 5.86. The molecule has 0 aromatic carbocycles. The molecule has 0 saturated carbocycles. The number of nitrogens with zero attached hydrogens (tertiary/aromatic N) is 3. The molecule has 0 aliphatic rings. The van der Waals surface area contributed by atoms with E-state index in [2.05, 4.69) is 10.1 Å². The van der Waals surface area contributed by atoms with Gasteiger partial charge in [0.05, 0.1) is 22.8 Å². The lowest BCUT2D eigenvalue weighted by atomic mass is 10.1. The largest absolute Gasteiger partial charge is 0.459 e. The molecule has 8 heteroatoms. The topological polar surface area (TPSA) is 86.7 Å². The quantitative estimate of drug-likeness (QED) is 0.673. The summed E-state index contributed by atoms with van der Waals surface area (Å²) in [5.74, 6) is 0.144. The predicted molar refractivity (Wildman–Crippen MR) is 85.9 cm³/mol. The van der Waals surface area contributed by atoms with Crippen LogP contribution in [0.3, 0.4) is 0 Å². The SMILES string of the molecule is Cc1noc(C)c1CC(=O)OCc1cc(=O)n2cc(Cl)ccc2n1. The average Bonchev–Trinajstić information content (AvgIpc) is 2.85. The van der Waals surface area contributed by atoms with Crippen molar-refractivity contribution in [1.29, 1.82) is 0 Å². The van der Waals surface area contributed by atoms with Gasteiger partial charge in [0.15, 0.2) is 0 Å². The molecule has 0 fully saturated rings. The first kappa shape index (κ1) is 16.2. The molecular weight excluding hydrogens is 334 g/mol. The molecule has 3 aromatic rings. The van der Waals surface area contributed by atoms with Gasteiger partial charge in [-0.3, -0.25) is 14.0 Å².